The number of aryl methyl sites for hydroxylation is 1. The number of nitrogens with one attached hydrogen (secondary N) is 3. The maximum absolute atomic E-state index is 4.42. The minimum Gasteiger partial charge on any atom is -0.355 e. The molecule has 8 nitrogen and oxygen atoms in total. The first-order chi connectivity index (χ1) is 12.8. The molecule has 3 N–H and O–H groups in total. The van der Waals surface area contributed by atoms with Crippen LogP contribution in [-0.2, 0) is 19.5 Å². The van der Waals surface area contributed by atoms with Gasteiger partial charge >= 0.3 is 0 Å². The fourth-order valence-corrected chi connectivity index (χ4v) is 2.64. The molecular weight excluding hydrogens is 328 g/mol. The number of imidazole rings is 1. The molecule has 0 saturated heterocycles. The Morgan fingerprint density at radius 2 is 2.08 bits per heavy atom. The van der Waals surface area contributed by atoms with Gasteiger partial charge in [-0.25, -0.2) is 4.98 Å². The number of nitrogens with zero attached hydrogens (tertiary/aromatic N) is 5. The van der Waals surface area contributed by atoms with Crippen molar-refractivity contribution in [2.45, 2.75) is 26.4 Å². The molecule has 0 aliphatic carbocycles. The fourth-order valence-electron chi connectivity index (χ4n) is 2.64. The van der Waals surface area contributed by atoms with Gasteiger partial charge in [-0.1, -0.05) is 37.3 Å². The van der Waals surface area contributed by atoms with Crippen LogP contribution in [0.3, 0.4) is 0 Å². The molecule has 0 aliphatic heterocycles. The molecule has 1 aromatic carbocycles. The van der Waals surface area contributed by atoms with Gasteiger partial charge < -0.3 is 20.2 Å². The SMILES string of the molecule is CCc1nncn1CCNC(=NC)NCc1ncc(-c2ccccc2)[nH]1. The Balaban J connectivity index is 1.48. The highest BCUT2D eigenvalue weighted by atomic mass is 15.3. The summed E-state index contributed by atoms with van der Waals surface area (Å²) < 4.78 is 2.04. The third kappa shape index (κ3) is 4.47. The van der Waals surface area contributed by atoms with E-state index in [1.54, 1.807) is 13.4 Å². The van der Waals surface area contributed by atoms with Crippen LogP contribution in [0.25, 0.3) is 11.3 Å². The van der Waals surface area contributed by atoms with Crippen molar-refractivity contribution in [2.24, 2.45) is 4.99 Å². The Hall–Kier alpha value is -3.16. The molecule has 0 aliphatic rings. The average molecular weight is 352 g/mol. The molecule has 0 spiro atoms. The number of aromatic nitrogens is 5. The molecule has 0 amide bonds. The molecule has 8 heteroatoms. The molecular formula is C18H24N8. The van der Waals surface area contributed by atoms with E-state index in [9.17, 15) is 0 Å². The minimum atomic E-state index is 0.569. The molecule has 0 fully saturated rings. The summed E-state index contributed by atoms with van der Waals surface area (Å²) in [5.74, 6) is 2.58. The van der Waals surface area contributed by atoms with Gasteiger partial charge in [-0.05, 0) is 5.56 Å². The Bertz CT molecular complexity index is 834. The van der Waals surface area contributed by atoms with E-state index < -0.39 is 0 Å². The van der Waals surface area contributed by atoms with E-state index in [2.05, 4.69) is 54.8 Å². The number of aliphatic imine (C=N–C) groups is 1. The highest BCUT2D eigenvalue weighted by Crippen LogP contribution is 2.15. The second-order valence-electron chi connectivity index (χ2n) is 5.76. The van der Waals surface area contributed by atoms with Crippen molar-refractivity contribution >= 4 is 5.96 Å². The summed E-state index contributed by atoms with van der Waals surface area (Å²) >= 11 is 0. The van der Waals surface area contributed by atoms with Crippen LogP contribution >= 0.6 is 0 Å². The Kier molecular flexibility index (Phi) is 5.97. The second-order valence-corrected chi connectivity index (χ2v) is 5.76. The second kappa shape index (κ2) is 8.80. The van der Waals surface area contributed by atoms with Gasteiger partial charge in [-0.15, -0.1) is 10.2 Å². The Morgan fingerprint density at radius 3 is 2.85 bits per heavy atom. The molecule has 26 heavy (non-hydrogen) atoms. The minimum absolute atomic E-state index is 0.569. The number of guanidine groups is 1. The zero-order valence-corrected chi connectivity index (χ0v) is 15.1. The van der Waals surface area contributed by atoms with Crippen LogP contribution in [0.5, 0.6) is 0 Å². The molecule has 0 unspecified atom stereocenters. The highest BCUT2D eigenvalue weighted by Gasteiger charge is 2.05. The largest absolute Gasteiger partial charge is 0.355 e. The van der Waals surface area contributed by atoms with Crippen molar-refractivity contribution in [3.8, 4) is 11.3 Å². The lowest BCUT2D eigenvalue weighted by molar-refractivity contribution is 0.631. The molecule has 0 bridgehead atoms. The summed E-state index contributed by atoms with van der Waals surface area (Å²) in [6, 6.07) is 10.1. The van der Waals surface area contributed by atoms with Gasteiger partial charge in [0, 0.05) is 26.6 Å². The third-order valence-corrected chi connectivity index (χ3v) is 4.02. The lowest BCUT2D eigenvalue weighted by Gasteiger charge is -2.11. The predicted octanol–water partition coefficient (Wildman–Crippen LogP) is 1.60. The van der Waals surface area contributed by atoms with Crippen molar-refractivity contribution in [1.29, 1.82) is 0 Å². The fraction of sp³-hybridized carbons (Fsp3) is 0.333. The van der Waals surface area contributed by atoms with E-state index in [4.69, 9.17) is 0 Å². The molecule has 3 aromatic rings. The summed E-state index contributed by atoms with van der Waals surface area (Å²) in [4.78, 5) is 12.0. The summed E-state index contributed by atoms with van der Waals surface area (Å²) in [5.41, 5.74) is 2.12. The molecule has 0 radical (unpaired) electrons. The number of rotatable bonds is 7. The molecule has 2 heterocycles. The van der Waals surface area contributed by atoms with Crippen molar-refractivity contribution in [1.82, 2.24) is 35.4 Å². The van der Waals surface area contributed by atoms with Gasteiger partial charge in [0.25, 0.3) is 0 Å². The van der Waals surface area contributed by atoms with Crippen molar-refractivity contribution < 1.29 is 0 Å². The van der Waals surface area contributed by atoms with Crippen molar-refractivity contribution in [3.63, 3.8) is 0 Å². The predicted molar refractivity (Wildman–Crippen MR) is 102 cm³/mol. The summed E-state index contributed by atoms with van der Waals surface area (Å²) in [5, 5.41) is 14.6. The zero-order chi connectivity index (χ0) is 18.2. The number of H-pyrrole nitrogens is 1. The third-order valence-electron chi connectivity index (χ3n) is 4.02. The van der Waals surface area contributed by atoms with Gasteiger partial charge in [0.05, 0.1) is 18.4 Å². The summed E-state index contributed by atoms with van der Waals surface area (Å²) in [7, 11) is 1.75. The lowest BCUT2D eigenvalue weighted by Crippen LogP contribution is -2.38. The Labute approximate surface area is 152 Å². The molecule has 0 atom stereocenters. The molecule has 3 rings (SSSR count). The van der Waals surface area contributed by atoms with E-state index in [1.165, 1.54) is 0 Å². The van der Waals surface area contributed by atoms with Gasteiger partial charge in [0.2, 0.25) is 0 Å². The first kappa shape index (κ1) is 17.7. The van der Waals surface area contributed by atoms with E-state index >= 15 is 0 Å². The van der Waals surface area contributed by atoms with Gasteiger partial charge in [-0.2, -0.15) is 0 Å². The van der Waals surface area contributed by atoms with Crippen LogP contribution in [0, 0.1) is 0 Å². The first-order valence-electron chi connectivity index (χ1n) is 8.70. The smallest absolute Gasteiger partial charge is 0.191 e. The highest BCUT2D eigenvalue weighted by molar-refractivity contribution is 5.79. The van der Waals surface area contributed by atoms with Crippen LogP contribution in [0.15, 0.2) is 47.8 Å². The Morgan fingerprint density at radius 1 is 1.23 bits per heavy atom. The van der Waals surface area contributed by atoms with Crippen molar-refractivity contribution in [2.75, 3.05) is 13.6 Å². The molecule has 136 valence electrons. The van der Waals surface area contributed by atoms with E-state index in [1.807, 2.05) is 29.0 Å². The summed E-state index contributed by atoms with van der Waals surface area (Å²) in [6.45, 7) is 4.16. The zero-order valence-electron chi connectivity index (χ0n) is 15.1. The van der Waals surface area contributed by atoms with Crippen LogP contribution in [0.1, 0.15) is 18.6 Å². The lowest BCUT2D eigenvalue weighted by atomic mass is 10.2. The van der Waals surface area contributed by atoms with Crippen molar-refractivity contribution in [3.05, 3.63) is 54.5 Å². The maximum Gasteiger partial charge on any atom is 0.191 e. The number of hydrogen-bond donors (Lipinski definition) is 3. The van der Waals surface area contributed by atoms with E-state index in [0.717, 1.165) is 48.4 Å². The van der Waals surface area contributed by atoms with Gasteiger partial charge in [0.15, 0.2) is 5.96 Å². The summed E-state index contributed by atoms with van der Waals surface area (Å²) in [6.07, 6.45) is 4.47. The first-order valence-corrected chi connectivity index (χ1v) is 8.70. The topological polar surface area (TPSA) is 95.8 Å². The van der Waals surface area contributed by atoms with Crippen LogP contribution in [0.4, 0.5) is 0 Å². The van der Waals surface area contributed by atoms with Crippen LogP contribution in [-0.4, -0.2) is 44.3 Å². The average Bonchev–Trinajstić information content (AvgIpc) is 3.34. The number of hydrogen-bond acceptors (Lipinski definition) is 4. The monoisotopic (exact) mass is 352 g/mol. The number of aromatic amines is 1. The molecule has 0 saturated carbocycles. The van der Waals surface area contributed by atoms with Crippen LogP contribution < -0.4 is 10.6 Å². The van der Waals surface area contributed by atoms with E-state index in [0.29, 0.717) is 6.54 Å². The van der Waals surface area contributed by atoms with Gasteiger partial charge in [-0.3, -0.25) is 4.99 Å². The van der Waals surface area contributed by atoms with Gasteiger partial charge in [0.1, 0.15) is 18.0 Å². The quantitative estimate of drug-likeness (QED) is 0.443. The van der Waals surface area contributed by atoms with E-state index in [-0.39, 0.29) is 0 Å². The maximum atomic E-state index is 4.42. The standard InChI is InChI=1S/C18H24N8/c1-3-17-25-23-13-26(17)10-9-20-18(19-2)22-12-16-21-11-15(24-16)14-7-5-4-6-8-14/h4-8,11,13H,3,9-10,12H2,1-2H3,(H,21,24)(H2,19,20,22). The van der Waals surface area contributed by atoms with Crippen LogP contribution in [0.2, 0.25) is 0 Å². The normalized spacial score (nSPS) is 11.5. The molecule has 2 aromatic heterocycles. The number of benzene rings is 1.